The Kier molecular flexibility index (Phi) is 5.23. The predicted molar refractivity (Wildman–Crippen MR) is 86.5 cm³/mol. The number of hydrogen-bond acceptors (Lipinski definition) is 6. The maximum atomic E-state index is 11.9. The fraction of sp³-hybridized carbons (Fsp3) is 0.571. The van der Waals surface area contributed by atoms with Gasteiger partial charge in [0, 0.05) is 26.3 Å². The summed E-state index contributed by atoms with van der Waals surface area (Å²) in [5.74, 6) is 0.399. The van der Waals surface area contributed by atoms with Crippen LogP contribution in [0.15, 0.2) is 24.4 Å². The number of nitrogens with one attached hydrogen (secondary N) is 1. The van der Waals surface area contributed by atoms with Gasteiger partial charge in [0.15, 0.2) is 0 Å². The van der Waals surface area contributed by atoms with E-state index in [9.17, 15) is 18.3 Å². The van der Waals surface area contributed by atoms with Crippen molar-refractivity contribution in [3.63, 3.8) is 0 Å². The van der Waals surface area contributed by atoms with Gasteiger partial charge in [-0.25, -0.2) is 18.1 Å². The molecule has 2 rings (SSSR count). The summed E-state index contributed by atoms with van der Waals surface area (Å²) in [4.78, 5) is 19.5. The minimum atomic E-state index is -3.42. The predicted octanol–water partition coefficient (Wildman–Crippen LogP) is -0.970. The molecule has 8 nitrogen and oxygen atoms in total. The largest absolute Gasteiger partial charge is 0.386 e. The quantitative estimate of drug-likeness (QED) is 0.690. The third-order valence-electron chi connectivity index (χ3n) is 3.75. The maximum absolute atomic E-state index is 11.9. The lowest BCUT2D eigenvalue weighted by Crippen LogP contribution is -2.48. The van der Waals surface area contributed by atoms with E-state index < -0.39 is 15.6 Å². The molecule has 0 bridgehead atoms. The minimum absolute atomic E-state index is 0.139. The summed E-state index contributed by atoms with van der Waals surface area (Å²) in [7, 11) is -1.87. The zero-order valence-electron chi connectivity index (χ0n) is 13.3. The molecule has 1 aromatic rings. The zero-order chi connectivity index (χ0) is 17.1. The lowest BCUT2D eigenvalue weighted by atomic mass is 10.0. The summed E-state index contributed by atoms with van der Waals surface area (Å²) in [5.41, 5.74) is -1.03. The molecule has 0 spiro atoms. The van der Waals surface area contributed by atoms with Crippen LogP contribution in [0.2, 0.25) is 0 Å². The van der Waals surface area contributed by atoms with Gasteiger partial charge in [-0.05, 0) is 18.6 Å². The second-order valence-electron chi connectivity index (χ2n) is 5.93. The number of sulfonamides is 1. The van der Waals surface area contributed by atoms with E-state index in [2.05, 4.69) is 9.71 Å². The smallest absolute Gasteiger partial charge is 0.237 e. The van der Waals surface area contributed by atoms with Crippen molar-refractivity contribution in [2.45, 2.75) is 12.0 Å². The summed E-state index contributed by atoms with van der Waals surface area (Å²) >= 11 is 0. The molecule has 0 aliphatic carbocycles. The van der Waals surface area contributed by atoms with Crippen LogP contribution in [0.3, 0.4) is 0 Å². The van der Waals surface area contributed by atoms with Crippen LogP contribution in [0, 0.1) is 0 Å². The van der Waals surface area contributed by atoms with E-state index in [1.165, 1.54) is 4.90 Å². The van der Waals surface area contributed by atoms with Crippen LogP contribution >= 0.6 is 0 Å². The van der Waals surface area contributed by atoms with Gasteiger partial charge in [0.1, 0.15) is 11.4 Å². The van der Waals surface area contributed by atoms with Crippen LogP contribution in [0.4, 0.5) is 5.82 Å². The zero-order valence-corrected chi connectivity index (χ0v) is 14.1. The van der Waals surface area contributed by atoms with Crippen molar-refractivity contribution in [1.29, 1.82) is 0 Å². The molecule has 1 aliphatic rings. The van der Waals surface area contributed by atoms with E-state index in [1.54, 1.807) is 13.2 Å². The molecule has 1 atom stereocenters. The van der Waals surface area contributed by atoms with Crippen LogP contribution in [0.1, 0.15) is 6.42 Å². The van der Waals surface area contributed by atoms with Crippen LogP contribution in [0.25, 0.3) is 0 Å². The van der Waals surface area contributed by atoms with Gasteiger partial charge in [0.2, 0.25) is 15.9 Å². The highest BCUT2D eigenvalue weighted by molar-refractivity contribution is 7.88. The molecule has 128 valence electrons. The molecule has 0 aromatic carbocycles. The Morgan fingerprint density at radius 1 is 1.52 bits per heavy atom. The fourth-order valence-corrected chi connectivity index (χ4v) is 2.96. The van der Waals surface area contributed by atoms with E-state index in [4.69, 9.17) is 0 Å². The van der Waals surface area contributed by atoms with E-state index in [-0.39, 0.29) is 19.0 Å². The lowest BCUT2D eigenvalue weighted by molar-refractivity contribution is -0.131. The van der Waals surface area contributed by atoms with Crippen molar-refractivity contribution in [1.82, 2.24) is 14.6 Å². The van der Waals surface area contributed by atoms with Crippen molar-refractivity contribution in [2.24, 2.45) is 0 Å². The number of rotatable bonds is 6. The standard InChI is InChI=1S/C14H22N4O4S/c1-17(13(19)9-16-23(2,21)22)10-14(20)6-8-18(11-14)12-5-3-4-7-15-12/h3-5,7,16,20H,6,8-11H2,1-2H3/t14-/m1/s1. The van der Waals surface area contributed by atoms with Crippen LogP contribution in [-0.2, 0) is 14.8 Å². The minimum Gasteiger partial charge on any atom is -0.386 e. The first kappa shape index (κ1) is 17.6. The Morgan fingerprint density at radius 3 is 2.87 bits per heavy atom. The van der Waals surface area contributed by atoms with Crippen molar-refractivity contribution >= 4 is 21.7 Å². The van der Waals surface area contributed by atoms with Crippen LogP contribution in [0.5, 0.6) is 0 Å². The van der Waals surface area contributed by atoms with Gasteiger partial charge in [-0.2, -0.15) is 0 Å². The van der Waals surface area contributed by atoms with Gasteiger partial charge in [-0.15, -0.1) is 0 Å². The Morgan fingerprint density at radius 2 is 2.26 bits per heavy atom. The van der Waals surface area contributed by atoms with E-state index >= 15 is 0 Å². The molecule has 1 saturated heterocycles. The summed E-state index contributed by atoms with van der Waals surface area (Å²) in [5, 5.41) is 10.7. The van der Waals surface area contributed by atoms with Crippen molar-refractivity contribution in [2.75, 3.05) is 44.4 Å². The molecule has 1 aromatic heterocycles. The van der Waals surface area contributed by atoms with E-state index in [0.717, 1.165) is 12.1 Å². The third-order valence-corrected chi connectivity index (χ3v) is 4.42. The van der Waals surface area contributed by atoms with Gasteiger partial charge in [-0.1, -0.05) is 6.07 Å². The van der Waals surface area contributed by atoms with Crippen molar-refractivity contribution in [3.8, 4) is 0 Å². The van der Waals surface area contributed by atoms with Gasteiger partial charge in [0.05, 0.1) is 19.3 Å². The summed E-state index contributed by atoms with van der Waals surface area (Å²) in [6.07, 6.45) is 3.20. The van der Waals surface area contributed by atoms with Gasteiger partial charge >= 0.3 is 0 Å². The molecular formula is C14H22N4O4S. The number of aliphatic hydroxyl groups is 1. The summed E-state index contributed by atoms with van der Waals surface area (Å²) in [6, 6.07) is 5.58. The number of nitrogens with zero attached hydrogens (tertiary/aromatic N) is 3. The number of carbonyl (C=O) groups excluding carboxylic acids is 1. The molecular weight excluding hydrogens is 320 g/mol. The molecule has 0 unspecified atom stereocenters. The highest BCUT2D eigenvalue weighted by Gasteiger charge is 2.38. The fourth-order valence-electron chi connectivity index (χ4n) is 2.58. The SMILES string of the molecule is CN(C[C@]1(O)CCN(c2ccccn2)C1)C(=O)CNS(C)(=O)=O. The molecule has 2 heterocycles. The molecule has 1 amide bonds. The molecule has 0 saturated carbocycles. The number of amides is 1. The topological polar surface area (TPSA) is 103 Å². The Hall–Kier alpha value is -1.71. The second-order valence-corrected chi connectivity index (χ2v) is 7.76. The van der Waals surface area contributed by atoms with Crippen LogP contribution in [-0.4, -0.2) is 74.4 Å². The second kappa shape index (κ2) is 6.81. The monoisotopic (exact) mass is 342 g/mol. The average molecular weight is 342 g/mol. The normalized spacial score (nSPS) is 21.4. The van der Waals surface area contributed by atoms with E-state index in [1.807, 2.05) is 23.1 Å². The third kappa shape index (κ3) is 5.15. The number of aromatic nitrogens is 1. The number of carbonyl (C=O) groups is 1. The Balaban J connectivity index is 1.91. The molecule has 2 N–H and O–H groups in total. The average Bonchev–Trinajstić information content (AvgIpc) is 2.87. The maximum Gasteiger partial charge on any atom is 0.237 e. The van der Waals surface area contributed by atoms with Crippen molar-refractivity contribution < 1.29 is 18.3 Å². The number of anilines is 1. The first-order chi connectivity index (χ1) is 10.7. The number of pyridine rings is 1. The molecule has 23 heavy (non-hydrogen) atoms. The number of likely N-dealkylation sites (N-methyl/N-ethyl adjacent to an activating group) is 1. The highest BCUT2D eigenvalue weighted by atomic mass is 32.2. The van der Waals surface area contributed by atoms with Gasteiger partial charge < -0.3 is 14.9 Å². The summed E-state index contributed by atoms with van der Waals surface area (Å²) in [6.45, 7) is 0.855. The first-order valence-electron chi connectivity index (χ1n) is 7.25. The number of β-amino-alcohol motifs (C(OH)–C–C–N with tert-alkyl or cyclic N) is 1. The van der Waals surface area contributed by atoms with Crippen molar-refractivity contribution in [3.05, 3.63) is 24.4 Å². The number of hydrogen-bond donors (Lipinski definition) is 2. The highest BCUT2D eigenvalue weighted by Crippen LogP contribution is 2.25. The molecule has 0 radical (unpaired) electrons. The van der Waals surface area contributed by atoms with Gasteiger partial charge in [-0.3, -0.25) is 4.79 Å². The van der Waals surface area contributed by atoms with Crippen LogP contribution < -0.4 is 9.62 Å². The molecule has 9 heteroatoms. The first-order valence-corrected chi connectivity index (χ1v) is 9.15. The van der Waals surface area contributed by atoms with Gasteiger partial charge in [0.25, 0.3) is 0 Å². The Labute approximate surface area is 136 Å². The molecule has 1 fully saturated rings. The Bertz CT molecular complexity index is 652. The van der Waals surface area contributed by atoms with E-state index in [0.29, 0.717) is 19.5 Å². The lowest BCUT2D eigenvalue weighted by Gasteiger charge is -2.29. The molecule has 1 aliphatic heterocycles. The summed E-state index contributed by atoms with van der Waals surface area (Å²) < 4.78 is 24.2.